The first-order valence-electron chi connectivity index (χ1n) is 8.01. The molecule has 0 aliphatic rings. The number of hydrogen-bond acceptors (Lipinski definition) is 4. The third kappa shape index (κ3) is 6.15. The van der Waals surface area contributed by atoms with Gasteiger partial charge in [0.1, 0.15) is 5.75 Å². The zero-order valence-corrected chi connectivity index (χ0v) is 15.2. The van der Waals surface area contributed by atoms with Crippen molar-refractivity contribution in [1.82, 2.24) is 5.32 Å². The Hall–Kier alpha value is -2.47. The summed E-state index contributed by atoms with van der Waals surface area (Å²) in [5.41, 5.74) is 2.47. The molecule has 2 rings (SSSR count). The first-order valence-corrected chi connectivity index (χ1v) is 9.40. The fraction of sp³-hybridized carbons (Fsp3) is 0.263. The number of rotatable bonds is 8. The number of amides is 2. The van der Waals surface area contributed by atoms with E-state index in [0.29, 0.717) is 23.5 Å². The van der Waals surface area contributed by atoms with Crippen molar-refractivity contribution in [2.45, 2.75) is 12.7 Å². The second-order valence-corrected chi connectivity index (χ2v) is 6.22. The number of anilines is 1. The SMILES string of the molecule is CCNC(=O)COc1ccc(NC(=O)c2ccc(CSC)cc2)cc1. The summed E-state index contributed by atoms with van der Waals surface area (Å²) in [6.07, 6.45) is 2.05. The molecule has 0 radical (unpaired) electrons. The molecular weight excluding hydrogens is 336 g/mol. The topological polar surface area (TPSA) is 67.4 Å². The van der Waals surface area contributed by atoms with E-state index < -0.39 is 0 Å². The van der Waals surface area contributed by atoms with Gasteiger partial charge in [0, 0.05) is 23.5 Å². The van der Waals surface area contributed by atoms with Gasteiger partial charge in [-0.15, -0.1) is 0 Å². The lowest BCUT2D eigenvalue weighted by Gasteiger charge is -2.09. The van der Waals surface area contributed by atoms with Crippen molar-refractivity contribution in [3.05, 3.63) is 59.7 Å². The van der Waals surface area contributed by atoms with E-state index in [4.69, 9.17) is 4.74 Å². The fourth-order valence-corrected chi connectivity index (χ4v) is 2.68. The van der Waals surface area contributed by atoms with E-state index in [9.17, 15) is 9.59 Å². The zero-order chi connectivity index (χ0) is 18.1. The van der Waals surface area contributed by atoms with Crippen molar-refractivity contribution in [3.63, 3.8) is 0 Å². The van der Waals surface area contributed by atoms with E-state index in [2.05, 4.69) is 10.6 Å². The van der Waals surface area contributed by atoms with Gasteiger partial charge >= 0.3 is 0 Å². The number of nitrogens with one attached hydrogen (secondary N) is 2. The molecule has 0 atom stereocenters. The van der Waals surface area contributed by atoms with Crippen molar-refractivity contribution in [3.8, 4) is 5.75 Å². The molecule has 2 aromatic rings. The van der Waals surface area contributed by atoms with E-state index in [-0.39, 0.29) is 18.4 Å². The van der Waals surface area contributed by atoms with E-state index in [1.807, 2.05) is 37.4 Å². The molecule has 0 aromatic heterocycles. The highest BCUT2D eigenvalue weighted by atomic mass is 32.2. The van der Waals surface area contributed by atoms with Crippen LogP contribution in [0.4, 0.5) is 5.69 Å². The maximum atomic E-state index is 12.3. The molecule has 0 spiro atoms. The van der Waals surface area contributed by atoms with Gasteiger partial charge in [-0.2, -0.15) is 11.8 Å². The Morgan fingerprint density at radius 1 is 1.04 bits per heavy atom. The van der Waals surface area contributed by atoms with Gasteiger partial charge < -0.3 is 15.4 Å². The normalized spacial score (nSPS) is 10.2. The third-order valence-electron chi connectivity index (χ3n) is 3.38. The number of hydrogen-bond donors (Lipinski definition) is 2. The molecule has 0 saturated carbocycles. The van der Waals surface area contributed by atoms with Crippen LogP contribution in [0.5, 0.6) is 5.75 Å². The third-order valence-corrected chi connectivity index (χ3v) is 4.01. The molecule has 0 bridgehead atoms. The smallest absolute Gasteiger partial charge is 0.257 e. The molecule has 2 N–H and O–H groups in total. The molecule has 25 heavy (non-hydrogen) atoms. The maximum absolute atomic E-state index is 12.3. The van der Waals surface area contributed by atoms with Crippen molar-refractivity contribution >= 4 is 29.3 Å². The average Bonchev–Trinajstić information content (AvgIpc) is 2.62. The van der Waals surface area contributed by atoms with Gasteiger partial charge in [-0.3, -0.25) is 9.59 Å². The molecular formula is C19H22N2O3S. The number of thioether (sulfide) groups is 1. The van der Waals surface area contributed by atoms with Crippen LogP contribution in [0.2, 0.25) is 0 Å². The molecule has 0 aliphatic heterocycles. The summed E-state index contributed by atoms with van der Waals surface area (Å²) in [5, 5.41) is 5.50. The Morgan fingerprint density at radius 3 is 2.32 bits per heavy atom. The molecule has 0 heterocycles. The van der Waals surface area contributed by atoms with Gasteiger partial charge in [0.05, 0.1) is 0 Å². The largest absolute Gasteiger partial charge is 0.484 e. The summed E-state index contributed by atoms with van der Waals surface area (Å²) >= 11 is 1.74. The summed E-state index contributed by atoms with van der Waals surface area (Å²) < 4.78 is 5.37. The highest BCUT2D eigenvalue weighted by Crippen LogP contribution is 2.17. The predicted octanol–water partition coefficient (Wildman–Crippen LogP) is 3.32. The van der Waals surface area contributed by atoms with Gasteiger partial charge in [0.2, 0.25) is 0 Å². The Bertz CT molecular complexity index is 700. The Balaban J connectivity index is 1.89. The van der Waals surface area contributed by atoms with Crippen LogP contribution in [-0.2, 0) is 10.5 Å². The van der Waals surface area contributed by atoms with Gasteiger partial charge in [0.25, 0.3) is 11.8 Å². The fourth-order valence-electron chi connectivity index (χ4n) is 2.15. The van der Waals surface area contributed by atoms with E-state index in [1.165, 1.54) is 5.56 Å². The lowest BCUT2D eigenvalue weighted by Crippen LogP contribution is -2.28. The Labute approximate surface area is 152 Å². The molecule has 6 heteroatoms. The van der Waals surface area contributed by atoms with Crippen LogP contribution in [-0.4, -0.2) is 31.2 Å². The first kappa shape index (κ1) is 18.9. The van der Waals surface area contributed by atoms with Crippen molar-refractivity contribution in [2.75, 3.05) is 24.7 Å². The monoisotopic (exact) mass is 358 g/mol. The number of likely N-dealkylation sites (N-methyl/N-ethyl adjacent to an activating group) is 1. The van der Waals surface area contributed by atoms with E-state index in [1.54, 1.807) is 36.0 Å². The highest BCUT2D eigenvalue weighted by Gasteiger charge is 2.07. The molecule has 0 fully saturated rings. The van der Waals surface area contributed by atoms with Gasteiger partial charge in [-0.25, -0.2) is 0 Å². The minimum absolute atomic E-state index is 0.0259. The summed E-state index contributed by atoms with van der Waals surface area (Å²) in [7, 11) is 0. The first-order chi connectivity index (χ1) is 12.1. The molecule has 2 aromatic carbocycles. The second-order valence-electron chi connectivity index (χ2n) is 5.35. The van der Waals surface area contributed by atoms with Gasteiger partial charge in [0.15, 0.2) is 6.61 Å². The van der Waals surface area contributed by atoms with Gasteiger partial charge in [-0.1, -0.05) is 12.1 Å². The molecule has 0 aliphatic carbocycles. The molecule has 2 amide bonds. The van der Waals surface area contributed by atoms with Crippen LogP contribution in [0, 0.1) is 0 Å². The van der Waals surface area contributed by atoms with Crippen LogP contribution in [0.3, 0.4) is 0 Å². The van der Waals surface area contributed by atoms with Crippen molar-refractivity contribution in [1.29, 1.82) is 0 Å². The maximum Gasteiger partial charge on any atom is 0.257 e. The summed E-state index contributed by atoms with van der Waals surface area (Å²) in [4.78, 5) is 23.6. The number of ether oxygens (including phenoxy) is 1. The molecule has 0 saturated heterocycles. The minimum atomic E-state index is -0.162. The standard InChI is InChI=1S/C19H22N2O3S/c1-3-20-18(22)12-24-17-10-8-16(9-11-17)21-19(23)15-6-4-14(5-7-15)13-25-2/h4-11H,3,12-13H2,1-2H3,(H,20,22)(H,21,23). The lowest BCUT2D eigenvalue weighted by atomic mass is 10.1. The Kier molecular flexibility index (Phi) is 7.35. The number of carbonyl (C=O) groups excluding carboxylic acids is 2. The number of carbonyl (C=O) groups is 2. The quantitative estimate of drug-likeness (QED) is 0.760. The lowest BCUT2D eigenvalue weighted by molar-refractivity contribution is -0.122. The summed E-state index contributed by atoms with van der Waals surface area (Å²) in [6.45, 7) is 2.40. The average molecular weight is 358 g/mol. The summed E-state index contributed by atoms with van der Waals surface area (Å²) in [6, 6.07) is 14.5. The minimum Gasteiger partial charge on any atom is -0.484 e. The molecule has 0 unspecified atom stereocenters. The second kappa shape index (κ2) is 9.74. The van der Waals surface area contributed by atoms with Crippen LogP contribution in [0.15, 0.2) is 48.5 Å². The molecule has 5 nitrogen and oxygen atoms in total. The van der Waals surface area contributed by atoms with Crippen LogP contribution in [0.1, 0.15) is 22.8 Å². The highest BCUT2D eigenvalue weighted by molar-refractivity contribution is 7.97. The van der Waals surface area contributed by atoms with Crippen LogP contribution >= 0.6 is 11.8 Å². The Morgan fingerprint density at radius 2 is 1.72 bits per heavy atom. The van der Waals surface area contributed by atoms with Crippen LogP contribution in [0.25, 0.3) is 0 Å². The van der Waals surface area contributed by atoms with Gasteiger partial charge in [-0.05, 0) is 55.1 Å². The van der Waals surface area contributed by atoms with Crippen LogP contribution < -0.4 is 15.4 Å². The zero-order valence-electron chi connectivity index (χ0n) is 14.4. The van der Waals surface area contributed by atoms with Crippen molar-refractivity contribution < 1.29 is 14.3 Å². The summed E-state index contributed by atoms with van der Waals surface area (Å²) in [5.74, 6) is 1.18. The molecule has 132 valence electrons. The predicted molar refractivity (Wildman–Crippen MR) is 102 cm³/mol. The van der Waals surface area contributed by atoms with E-state index in [0.717, 1.165) is 5.75 Å². The number of benzene rings is 2. The van der Waals surface area contributed by atoms with Crippen molar-refractivity contribution in [2.24, 2.45) is 0 Å². The van der Waals surface area contributed by atoms with E-state index >= 15 is 0 Å².